The fourth-order valence-electron chi connectivity index (χ4n) is 2.46. The molecule has 1 heterocycles. The van der Waals surface area contributed by atoms with E-state index in [4.69, 9.17) is 9.47 Å². The van der Waals surface area contributed by atoms with Crippen molar-refractivity contribution in [1.29, 1.82) is 0 Å². The molecule has 1 saturated carbocycles. The molecule has 1 aliphatic carbocycles. The minimum Gasteiger partial charge on any atom is -0.467 e. The number of esters is 1. The van der Waals surface area contributed by atoms with Crippen LogP contribution in [-0.2, 0) is 19.1 Å². The van der Waals surface area contributed by atoms with Crippen LogP contribution in [0.15, 0.2) is 0 Å². The molecule has 7 heteroatoms. The number of rotatable bonds is 4. The number of methoxy groups -OCH3 is 1. The summed E-state index contributed by atoms with van der Waals surface area (Å²) < 4.78 is 9.90. The van der Waals surface area contributed by atoms with Gasteiger partial charge in [0.05, 0.1) is 7.11 Å². The van der Waals surface area contributed by atoms with E-state index in [9.17, 15) is 14.4 Å². The van der Waals surface area contributed by atoms with E-state index in [0.29, 0.717) is 13.0 Å². The SMILES string of the molecule is COC(=O)C1CCN1C(=O)C(NC(=O)OC(C)(C)C)C1CC1. The summed E-state index contributed by atoms with van der Waals surface area (Å²) in [5.41, 5.74) is -0.619. The lowest BCUT2D eigenvalue weighted by Crippen LogP contribution is -2.61. The molecule has 2 aliphatic rings. The van der Waals surface area contributed by atoms with Crippen molar-refractivity contribution in [1.82, 2.24) is 10.2 Å². The Balaban J connectivity index is 1.98. The van der Waals surface area contributed by atoms with E-state index in [1.807, 2.05) is 0 Å². The fraction of sp³-hybridized carbons (Fsp3) is 0.800. The summed E-state index contributed by atoms with van der Waals surface area (Å²) in [6, 6.07) is -1.15. The van der Waals surface area contributed by atoms with Crippen molar-refractivity contribution in [3.63, 3.8) is 0 Å². The smallest absolute Gasteiger partial charge is 0.408 e. The predicted octanol–water partition coefficient (Wildman–Crippen LogP) is 1.06. The standard InChI is InChI=1S/C15H24N2O5/c1-15(2,3)22-14(20)16-11(9-5-6-9)12(18)17-8-7-10(17)13(19)21-4/h9-11H,5-8H2,1-4H3,(H,16,20). The molecule has 2 rings (SSSR count). The molecule has 2 amide bonds. The van der Waals surface area contributed by atoms with E-state index in [2.05, 4.69) is 5.32 Å². The molecule has 2 atom stereocenters. The Morgan fingerprint density at radius 3 is 2.23 bits per heavy atom. The normalized spacial score (nSPS) is 22.4. The van der Waals surface area contributed by atoms with Crippen molar-refractivity contribution >= 4 is 18.0 Å². The van der Waals surface area contributed by atoms with Crippen LogP contribution in [-0.4, -0.2) is 54.2 Å². The molecule has 22 heavy (non-hydrogen) atoms. The molecule has 7 nitrogen and oxygen atoms in total. The minimum absolute atomic E-state index is 0.124. The lowest BCUT2D eigenvalue weighted by Gasteiger charge is -2.40. The van der Waals surface area contributed by atoms with Crippen LogP contribution < -0.4 is 5.32 Å². The maximum absolute atomic E-state index is 12.6. The Kier molecular flexibility index (Phi) is 4.63. The Bertz CT molecular complexity index is 467. The molecular formula is C15H24N2O5. The number of alkyl carbamates (subject to hydrolysis) is 1. The van der Waals surface area contributed by atoms with E-state index < -0.39 is 29.7 Å². The molecular weight excluding hydrogens is 288 g/mol. The molecule has 0 bridgehead atoms. The molecule has 2 fully saturated rings. The zero-order valence-corrected chi connectivity index (χ0v) is 13.5. The highest BCUT2D eigenvalue weighted by Crippen LogP contribution is 2.35. The van der Waals surface area contributed by atoms with E-state index in [1.165, 1.54) is 12.0 Å². The number of likely N-dealkylation sites (tertiary alicyclic amines) is 1. The van der Waals surface area contributed by atoms with Crippen LogP contribution in [0.3, 0.4) is 0 Å². The molecule has 2 unspecified atom stereocenters. The summed E-state index contributed by atoms with van der Waals surface area (Å²) in [6.45, 7) is 5.81. The summed E-state index contributed by atoms with van der Waals surface area (Å²) in [5, 5.41) is 2.66. The van der Waals surface area contributed by atoms with Gasteiger partial charge in [0.2, 0.25) is 5.91 Å². The molecule has 1 saturated heterocycles. The van der Waals surface area contributed by atoms with E-state index in [0.717, 1.165) is 12.8 Å². The highest BCUT2D eigenvalue weighted by molar-refractivity contribution is 5.91. The number of nitrogens with one attached hydrogen (secondary N) is 1. The van der Waals surface area contributed by atoms with Gasteiger partial charge < -0.3 is 19.7 Å². The van der Waals surface area contributed by atoms with E-state index >= 15 is 0 Å². The third-order valence-electron chi connectivity index (χ3n) is 3.81. The number of nitrogens with zero attached hydrogens (tertiary/aromatic N) is 1. The maximum atomic E-state index is 12.6. The zero-order chi connectivity index (χ0) is 16.5. The van der Waals surface area contributed by atoms with Crippen LogP contribution >= 0.6 is 0 Å². The van der Waals surface area contributed by atoms with Gasteiger partial charge in [-0.25, -0.2) is 9.59 Å². The highest BCUT2D eigenvalue weighted by atomic mass is 16.6. The Hall–Kier alpha value is -1.79. The van der Waals surface area contributed by atoms with Gasteiger partial charge in [-0.1, -0.05) is 0 Å². The third kappa shape index (κ3) is 3.90. The summed E-state index contributed by atoms with van der Waals surface area (Å²) in [7, 11) is 1.31. The molecule has 0 aromatic rings. The number of hydrogen-bond donors (Lipinski definition) is 1. The van der Waals surface area contributed by atoms with Gasteiger partial charge in [0.25, 0.3) is 0 Å². The maximum Gasteiger partial charge on any atom is 0.408 e. The van der Waals surface area contributed by atoms with Crippen LogP contribution in [0.5, 0.6) is 0 Å². The van der Waals surface area contributed by atoms with E-state index in [1.54, 1.807) is 20.8 Å². The van der Waals surface area contributed by atoms with Crippen molar-refractivity contribution in [3.8, 4) is 0 Å². The van der Waals surface area contributed by atoms with Crippen molar-refractivity contribution in [3.05, 3.63) is 0 Å². The number of ether oxygens (including phenoxy) is 2. The zero-order valence-electron chi connectivity index (χ0n) is 13.5. The largest absolute Gasteiger partial charge is 0.467 e. The first-order valence-electron chi connectivity index (χ1n) is 7.61. The van der Waals surface area contributed by atoms with Crippen LogP contribution in [0.4, 0.5) is 4.79 Å². The van der Waals surface area contributed by atoms with Gasteiger partial charge in [-0.15, -0.1) is 0 Å². The molecule has 1 aliphatic heterocycles. The molecule has 124 valence electrons. The van der Waals surface area contributed by atoms with Crippen LogP contribution in [0.2, 0.25) is 0 Å². The Morgan fingerprint density at radius 2 is 1.82 bits per heavy atom. The first-order valence-corrected chi connectivity index (χ1v) is 7.61. The number of carbonyl (C=O) groups excluding carboxylic acids is 3. The summed E-state index contributed by atoms with van der Waals surface area (Å²) in [6.07, 6.45) is 1.78. The summed E-state index contributed by atoms with van der Waals surface area (Å²) in [4.78, 5) is 37.6. The third-order valence-corrected chi connectivity index (χ3v) is 3.81. The fourth-order valence-corrected chi connectivity index (χ4v) is 2.46. The summed E-state index contributed by atoms with van der Waals surface area (Å²) in [5.74, 6) is -0.514. The van der Waals surface area contributed by atoms with Gasteiger partial charge in [0, 0.05) is 6.54 Å². The minimum atomic E-state index is -0.623. The van der Waals surface area contributed by atoms with Gasteiger partial charge in [-0.05, 0) is 46.0 Å². The lowest BCUT2D eigenvalue weighted by atomic mass is 10.00. The van der Waals surface area contributed by atoms with E-state index in [-0.39, 0.29) is 11.8 Å². The number of hydrogen-bond acceptors (Lipinski definition) is 5. The van der Waals surface area contributed by atoms with Gasteiger partial charge >= 0.3 is 12.1 Å². The molecule has 0 aromatic carbocycles. The summed E-state index contributed by atoms with van der Waals surface area (Å²) >= 11 is 0. The first kappa shape index (κ1) is 16.6. The second kappa shape index (κ2) is 6.14. The van der Waals surface area contributed by atoms with Crippen LogP contribution in [0.1, 0.15) is 40.0 Å². The molecule has 0 radical (unpaired) electrons. The van der Waals surface area contributed by atoms with Crippen LogP contribution in [0.25, 0.3) is 0 Å². The first-order chi connectivity index (χ1) is 10.2. The number of amides is 2. The molecule has 0 aromatic heterocycles. The Labute approximate surface area is 130 Å². The second-order valence-electron chi connectivity index (χ2n) is 6.82. The average molecular weight is 312 g/mol. The second-order valence-corrected chi connectivity index (χ2v) is 6.82. The predicted molar refractivity (Wildman–Crippen MR) is 78.0 cm³/mol. The van der Waals surface area contributed by atoms with Crippen molar-refractivity contribution in [2.45, 2.75) is 57.7 Å². The molecule has 0 spiro atoms. The van der Waals surface area contributed by atoms with Crippen molar-refractivity contribution in [2.75, 3.05) is 13.7 Å². The van der Waals surface area contributed by atoms with Gasteiger partial charge in [-0.2, -0.15) is 0 Å². The monoisotopic (exact) mass is 312 g/mol. The quantitative estimate of drug-likeness (QED) is 0.785. The van der Waals surface area contributed by atoms with Crippen molar-refractivity contribution in [2.24, 2.45) is 5.92 Å². The Morgan fingerprint density at radius 1 is 1.18 bits per heavy atom. The van der Waals surface area contributed by atoms with Crippen LogP contribution in [0, 0.1) is 5.92 Å². The average Bonchev–Trinajstić information content (AvgIpc) is 3.16. The molecule has 1 N–H and O–H groups in total. The topological polar surface area (TPSA) is 84.9 Å². The van der Waals surface area contributed by atoms with Gasteiger partial charge in [-0.3, -0.25) is 4.79 Å². The van der Waals surface area contributed by atoms with Crippen molar-refractivity contribution < 1.29 is 23.9 Å². The van der Waals surface area contributed by atoms with Gasteiger partial charge in [0.15, 0.2) is 0 Å². The number of carbonyl (C=O) groups is 3. The highest BCUT2D eigenvalue weighted by Gasteiger charge is 2.46. The lowest BCUT2D eigenvalue weighted by molar-refractivity contribution is -0.160. The van der Waals surface area contributed by atoms with Gasteiger partial charge in [0.1, 0.15) is 17.7 Å².